The zero-order chi connectivity index (χ0) is 32.8. The maximum Gasteiger partial charge on any atom is 0.141 e. The van der Waals surface area contributed by atoms with Gasteiger partial charge in [0.2, 0.25) is 0 Å². The van der Waals surface area contributed by atoms with Crippen LogP contribution in [0.15, 0.2) is 175 Å². The number of nitrogens with one attached hydrogen (secondary N) is 1. The van der Waals surface area contributed by atoms with Crippen LogP contribution in [0.3, 0.4) is 0 Å². The van der Waals surface area contributed by atoms with E-state index in [1.54, 1.807) is 0 Å². The van der Waals surface area contributed by atoms with Crippen molar-refractivity contribution in [3.8, 4) is 5.69 Å². The van der Waals surface area contributed by atoms with Gasteiger partial charge in [0, 0.05) is 32.6 Å². The van der Waals surface area contributed by atoms with Gasteiger partial charge in [0.1, 0.15) is 11.9 Å². The Morgan fingerprint density at radius 1 is 0.440 bits per heavy atom. The highest BCUT2D eigenvalue weighted by Gasteiger charge is 2.29. The molecule has 10 aromatic rings. The van der Waals surface area contributed by atoms with Gasteiger partial charge in [-0.2, -0.15) is 0 Å². The average Bonchev–Trinajstić information content (AvgIpc) is 3.69. The lowest BCUT2D eigenvalue weighted by atomic mass is 9.99. The smallest absolute Gasteiger partial charge is 0.141 e. The quantitative estimate of drug-likeness (QED) is 0.201. The zero-order valence-electron chi connectivity index (χ0n) is 27.1. The number of hydrogen-bond acceptors (Lipinski definition) is 2. The number of anilines is 1. The second-order valence-corrected chi connectivity index (χ2v) is 13.3. The van der Waals surface area contributed by atoms with Crippen LogP contribution in [0, 0.1) is 0 Å². The Kier molecular flexibility index (Phi) is 5.69. The predicted molar refractivity (Wildman–Crippen MR) is 211 cm³/mol. The molecule has 8 aromatic carbocycles. The first kappa shape index (κ1) is 27.3. The molecule has 2 aromatic heterocycles. The van der Waals surface area contributed by atoms with Crippen molar-refractivity contribution in [3.05, 3.63) is 175 Å². The molecule has 0 bridgehead atoms. The summed E-state index contributed by atoms with van der Waals surface area (Å²) in [5.74, 6) is 0.956. The molecule has 0 aliphatic carbocycles. The number of hydrogen-bond donors (Lipinski definition) is 1. The average molecular weight is 639 g/mol. The molecule has 0 spiro atoms. The lowest BCUT2D eigenvalue weighted by molar-refractivity contribution is 0.964. The highest BCUT2D eigenvalue weighted by Crippen LogP contribution is 2.43. The van der Waals surface area contributed by atoms with Crippen LogP contribution in [0.1, 0.15) is 11.6 Å². The number of para-hydroxylation sites is 4. The van der Waals surface area contributed by atoms with Gasteiger partial charge < -0.3 is 9.88 Å². The summed E-state index contributed by atoms with van der Waals surface area (Å²) in [7, 11) is 0. The van der Waals surface area contributed by atoms with Crippen LogP contribution >= 0.6 is 0 Å². The van der Waals surface area contributed by atoms with E-state index in [9.17, 15) is 0 Å². The number of benzene rings is 8. The summed E-state index contributed by atoms with van der Waals surface area (Å²) in [6.07, 6.45) is 0. The van der Waals surface area contributed by atoms with Crippen molar-refractivity contribution in [1.82, 2.24) is 9.13 Å². The van der Waals surface area contributed by atoms with Crippen LogP contribution in [-0.4, -0.2) is 15.0 Å². The Morgan fingerprint density at radius 2 is 1.12 bits per heavy atom. The lowest BCUT2D eigenvalue weighted by Crippen LogP contribution is -2.29. The summed E-state index contributed by atoms with van der Waals surface area (Å²) < 4.78 is 4.85. The number of rotatable bonds is 2. The Morgan fingerprint density at radius 3 is 2.02 bits per heavy atom. The maximum atomic E-state index is 5.48. The van der Waals surface area contributed by atoms with Crippen molar-refractivity contribution in [2.75, 3.05) is 5.32 Å². The van der Waals surface area contributed by atoms with E-state index in [-0.39, 0.29) is 6.04 Å². The minimum atomic E-state index is -0.173. The summed E-state index contributed by atoms with van der Waals surface area (Å²) in [6, 6.07) is 61.2. The molecule has 4 heteroatoms. The van der Waals surface area contributed by atoms with Crippen LogP contribution in [0.25, 0.3) is 70.8 Å². The molecule has 1 N–H and O–H groups in total. The Balaban J connectivity index is 1.27. The fourth-order valence-corrected chi connectivity index (χ4v) is 8.23. The fourth-order valence-electron chi connectivity index (χ4n) is 8.23. The minimum absolute atomic E-state index is 0.173. The van der Waals surface area contributed by atoms with E-state index in [2.05, 4.69) is 184 Å². The molecule has 0 radical (unpaired) electrons. The molecule has 1 aliphatic heterocycles. The van der Waals surface area contributed by atoms with Gasteiger partial charge in [-0.15, -0.1) is 0 Å². The summed E-state index contributed by atoms with van der Waals surface area (Å²) in [5.41, 5.74) is 8.97. The molecular weight excluding hydrogens is 609 g/mol. The number of aromatic nitrogens is 2. The molecule has 0 amide bonds. The van der Waals surface area contributed by atoms with Crippen LogP contribution in [-0.2, 0) is 0 Å². The van der Waals surface area contributed by atoms with Crippen LogP contribution < -0.4 is 5.32 Å². The standard InChI is InChI=1S/C46H30N4/c1-2-15-33(16-3-1)49-42-28-43-37(27-38(42)36-25-24-30-13-6-7-17-34(30)45(36)49)35-18-8-11-21-41(35)50(43)46-44(47-39-19-9-10-20-40(39)48-46)32-23-22-29-12-4-5-14-31(29)26-32/h1-28,44,47H. The SMILES string of the molecule is c1ccc(-n2c3cc4c(cc3c3ccc5ccccc5c32)c2ccccc2n4C2=Nc3ccccc3NC2c2ccc3ccccc3c2)cc1. The van der Waals surface area contributed by atoms with Crippen molar-refractivity contribution in [1.29, 1.82) is 0 Å². The monoisotopic (exact) mass is 638 g/mol. The highest BCUT2D eigenvalue weighted by molar-refractivity contribution is 6.25. The van der Waals surface area contributed by atoms with Gasteiger partial charge >= 0.3 is 0 Å². The zero-order valence-corrected chi connectivity index (χ0v) is 27.1. The van der Waals surface area contributed by atoms with E-state index in [1.807, 2.05) is 0 Å². The minimum Gasteiger partial charge on any atom is -0.370 e. The molecule has 1 atom stereocenters. The van der Waals surface area contributed by atoms with E-state index < -0.39 is 0 Å². The second kappa shape index (κ2) is 10.4. The van der Waals surface area contributed by atoms with E-state index >= 15 is 0 Å². The topological polar surface area (TPSA) is 34.2 Å². The Hall–Kier alpha value is -6.65. The summed E-state index contributed by atoms with van der Waals surface area (Å²) in [4.78, 5) is 5.48. The third-order valence-electron chi connectivity index (χ3n) is 10.5. The van der Waals surface area contributed by atoms with E-state index in [1.165, 1.54) is 59.7 Å². The van der Waals surface area contributed by atoms with Gasteiger partial charge in [-0.1, -0.05) is 121 Å². The third-order valence-corrected chi connectivity index (χ3v) is 10.5. The maximum absolute atomic E-state index is 5.48. The van der Waals surface area contributed by atoms with Crippen molar-refractivity contribution < 1.29 is 0 Å². The summed E-state index contributed by atoms with van der Waals surface area (Å²) in [5, 5.41) is 13.8. The normalized spacial score (nSPS) is 14.5. The van der Waals surface area contributed by atoms with E-state index in [0.29, 0.717) is 0 Å². The molecular formula is C46H30N4. The fraction of sp³-hybridized carbons (Fsp3) is 0.0217. The molecule has 4 nitrogen and oxygen atoms in total. The van der Waals surface area contributed by atoms with Gasteiger partial charge in [-0.25, -0.2) is 4.99 Å². The Bertz CT molecular complexity index is 3020. The molecule has 1 unspecified atom stereocenters. The summed E-state index contributed by atoms with van der Waals surface area (Å²) >= 11 is 0. The lowest BCUT2D eigenvalue weighted by Gasteiger charge is -2.29. The molecule has 234 valence electrons. The number of aliphatic imine (C=N–C) groups is 1. The number of fused-ring (bicyclic) bond motifs is 10. The van der Waals surface area contributed by atoms with Gasteiger partial charge in [0.05, 0.1) is 33.4 Å². The van der Waals surface area contributed by atoms with Crippen molar-refractivity contribution >= 4 is 82.4 Å². The van der Waals surface area contributed by atoms with Gasteiger partial charge in [-0.3, -0.25) is 4.57 Å². The van der Waals surface area contributed by atoms with E-state index in [4.69, 9.17) is 4.99 Å². The van der Waals surface area contributed by atoms with Gasteiger partial charge in [0.15, 0.2) is 0 Å². The van der Waals surface area contributed by atoms with Crippen LogP contribution in [0.4, 0.5) is 11.4 Å². The number of nitrogens with zero attached hydrogens (tertiary/aromatic N) is 3. The predicted octanol–water partition coefficient (Wildman–Crippen LogP) is 11.9. The molecule has 0 saturated carbocycles. The molecule has 11 rings (SSSR count). The molecule has 3 heterocycles. The Labute approximate surface area is 288 Å². The first-order valence-electron chi connectivity index (χ1n) is 17.2. The van der Waals surface area contributed by atoms with Gasteiger partial charge in [0.25, 0.3) is 0 Å². The highest BCUT2D eigenvalue weighted by atomic mass is 15.2. The van der Waals surface area contributed by atoms with Crippen LogP contribution in [0.5, 0.6) is 0 Å². The summed E-state index contributed by atoms with van der Waals surface area (Å²) in [6.45, 7) is 0. The third kappa shape index (κ3) is 3.90. The molecule has 1 aliphatic rings. The van der Waals surface area contributed by atoms with Crippen molar-refractivity contribution in [2.45, 2.75) is 6.04 Å². The first-order chi connectivity index (χ1) is 24.8. The second-order valence-electron chi connectivity index (χ2n) is 13.3. The van der Waals surface area contributed by atoms with Crippen molar-refractivity contribution in [2.24, 2.45) is 4.99 Å². The van der Waals surface area contributed by atoms with Crippen molar-refractivity contribution in [3.63, 3.8) is 0 Å². The largest absolute Gasteiger partial charge is 0.370 e. The molecule has 50 heavy (non-hydrogen) atoms. The molecule has 0 fully saturated rings. The van der Waals surface area contributed by atoms with E-state index in [0.717, 1.165) is 33.9 Å². The molecule has 0 saturated heterocycles. The first-order valence-corrected chi connectivity index (χ1v) is 17.2. The van der Waals surface area contributed by atoms with Gasteiger partial charge in [-0.05, 0) is 70.3 Å². The van der Waals surface area contributed by atoms with Crippen LogP contribution in [0.2, 0.25) is 0 Å².